The third-order valence-electron chi connectivity index (χ3n) is 3.91. The van der Waals surface area contributed by atoms with Crippen molar-refractivity contribution < 1.29 is 9.59 Å². The Bertz CT molecular complexity index is 626. The molecule has 1 saturated carbocycles. The van der Waals surface area contributed by atoms with Crippen molar-refractivity contribution in [1.29, 1.82) is 0 Å². The summed E-state index contributed by atoms with van der Waals surface area (Å²) in [5, 5.41) is -0.167. The number of likely N-dealkylation sites (N-methyl/N-ethyl adjacent to an activating group) is 1. The Morgan fingerprint density at radius 1 is 1.35 bits per heavy atom. The number of carbonyl (C=O) groups is 2. The molecule has 5 heteroatoms. The lowest BCUT2D eigenvalue weighted by molar-refractivity contribution is -0.122. The topological polar surface area (TPSA) is 42.3 Å². The zero-order valence-electron chi connectivity index (χ0n) is 12.0. The van der Waals surface area contributed by atoms with Gasteiger partial charge in [0.2, 0.25) is 0 Å². The van der Waals surface area contributed by atoms with Crippen LogP contribution in [-0.4, -0.2) is 27.2 Å². The predicted molar refractivity (Wildman–Crippen MR) is 80.5 cm³/mol. The average molecular weight is 290 g/mol. The first kappa shape index (κ1) is 13.5. The van der Waals surface area contributed by atoms with Crippen LogP contribution in [0.4, 0.5) is 4.79 Å². The summed E-state index contributed by atoms with van der Waals surface area (Å²) in [4.78, 5) is 25.6. The number of imide groups is 1. The van der Waals surface area contributed by atoms with E-state index in [-0.39, 0.29) is 11.1 Å². The molecule has 2 heterocycles. The molecule has 1 saturated heterocycles. The summed E-state index contributed by atoms with van der Waals surface area (Å²) >= 11 is 1.04. The van der Waals surface area contributed by atoms with Crippen molar-refractivity contribution >= 4 is 29.0 Å². The normalized spacial score (nSPS) is 21.4. The van der Waals surface area contributed by atoms with Crippen molar-refractivity contribution in [1.82, 2.24) is 9.47 Å². The summed E-state index contributed by atoms with van der Waals surface area (Å²) in [6.07, 6.45) is 4.34. The standard InChI is InChI=1S/C15H18N2O2S/c1-4-16-14(18)13(20-15(16)19)8-11-7-9(2)17(10(11)3)12-5-6-12/h7-8,12H,4-6H2,1-3H3/b13-8-. The lowest BCUT2D eigenvalue weighted by Gasteiger charge is -2.07. The number of nitrogens with zero attached hydrogens (tertiary/aromatic N) is 2. The Kier molecular flexibility index (Phi) is 3.24. The molecule has 2 aliphatic rings. The molecule has 20 heavy (non-hydrogen) atoms. The number of aromatic nitrogens is 1. The molecular weight excluding hydrogens is 272 g/mol. The van der Waals surface area contributed by atoms with Crippen LogP contribution in [0.15, 0.2) is 11.0 Å². The molecule has 0 spiro atoms. The van der Waals surface area contributed by atoms with Crippen molar-refractivity contribution in [3.05, 3.63) is 27.9 Å². The average Bonchev–Trinajstić information content (AvgIpc) is 3.12. The summed E-state index contributed by atoms with van der Waals surface area (Å²) < 4.78 is 2.34. The minimum atomic E-state index is -0.168. The van der Waals surface area contributed by atoms with E-state index in [1.54, 1.807) is 0 Å². The van der Waals surface area contributed by atoms with Gasteiger partial charge in [0.25, 0.3) is 11.1 Å². The second-order valence-electron chi connectivity index (χ2n) is 5.35. The van der Waals surface area contributed by atoms with Gasteiger partial charge in [-0.2, -0.15) is 0 Å². The molecule has 1 aromatic rings. The molecule has 0 atom stereocenters. The molecule has 1 aliphatic heterocycles. The zero-order valence-corrected chi connectivity index (χ0v) is 12.8. The maximum absolute atomic E-state index is 12.1. The van der Waals surface area contributed by atoms with E-state index in [9.17, 15) is 9.59 Å². The first-order valence-electron chi connectivity index (χ1n) is 6.96. The van der Waals surface area contributed by atoms with Crippen molar-refractivity contribution in [2.75, 3.05) is 6.54 Å². The quantitative estimate of drug-likeness (QED) is 0.800. The van der Waals surface area contributed by atoms with Crippen LogP contribution in [-0.2, 0) is 4.79 Å². The summed E-state index contributed by atoms with van der Waals surface area (Å²) in [5.41, 5.74) is 3.47. The number of amides is 2. The maximum atomic E-state index is 12.1. The van der Waals surface area contributed by atoms with Gasteiger partial charge in [-0.05, 0) is 63.1 Å². The highest BCUT2D eigenvalue weighted by Crippen LogP contribution is 2.39. The third kappa shape index (κ3) is 2.10. The molecule has 0 radical (unpaired) electrons. The number of hydrogen-bond donors (Lipinski definition) is 0. The molecule has 2 amide bonds. The molecule has 0 aromatic carbocycles. The van der Waals surface area contributed by atoms with Gasteiger partial charge in [-0.15, -0.1) is 0 Å². The van der Waals surface area contributed by atoms with E-state index in [4.69, 9.17) is 0 Å². The van der Waals surface area contributed by atoms with Gasteiger partial charge in [-0.3, -0.25) is 14.5 Å². The first-order valence-corrected chi connectivity index (χ1v) is 7.78. The number of carbonyl (C=O) groups excluding carboxylic acids is 2. The monoisotopic (exact) mass is 290 g/mol. The first-order chi connectivity index (χ1) is 9.52. The van der Waals surface area contributed by atoms with Gasteiger partial charge in [0.05, 0.1) is 4.91 Å². The van der Waals surface area contributed by atoms with Crippen LogP contribution < -0.4 is 0 Å². The SMILES string of the molecule is CCN1C(=O)S/C(=C\c2cc(C)n(C3CC3)c2C)C1=O. The van der Waals surface area contributed by atoms with E-state index in [1.165, 1.54) is 29.1 Å². The number of thioether (sulfide) groups is 1. The van der Waals surface area contributed by atoms with Crippen molar-refractivity contribution in [3.63, 3.8) is 0 Å². The van der Waals surface area contributed by atoms with Gasteiger partial charge in [-0.1, -0.05) is 0 Å². The van der Waals surface area contributed by atoms with E-state index < -0.39 is 0 Å². The highest BCUT2D eigenvalue weighted by atomic mass is 32.2. The van der Waals surface area contributed by atoms with Crippen LogP contribution >= 0.6 is 11.8 Å². The molecule has 0 N–H and O–H groups in total. The predicted octanol–water partition coefficient (Wildman–Crippen LogP) is 3.50. The van der Waals surface area contributed by atoms with Crippen molar-refractivity contribution in [2.24, 2.45) is 0 Å². The zero-order chi connectivity index (χ0) is 14.4. The molecule has 3 rings (SSSR count). The fourth-order valence-corrected chi connectivity index (χ4v) is 3.65. The smallest absolute Gasteiger partial charge is 0.293 e. The molecule has 0 bridgehead atoms. The Morgan fingerprint density at radius 2 is 2.05 bits per heavy atom. The van der Waals surface area contributed by atoms with Crippen LogP contribution in [0.5, 0.6) is 0 Å². The largest absolute Gasteiger partial charge is 0.346 e. The second kappa shape index (κ2) is 4.81. The summed E-state index contributed by atoms with van der Waals surface area (Å²) in [7, 11) is 0. The number of hydrogen-bond acceptors (Lipinski definition) is 3. The van der Waals surface area contributed by atoms with E-state index in [1.807, 2.05) is 13.0 Å². The van der Waals surface area contributed by atoms with Crippen LogP contribution in [0, 0.1) is 13.8 Å². The van der Waals surface area contributed by atoms with E-state index in [0.717, 1.165) is 17.3 Å². The van der Waals surface area contributed by atoms with Gasteiger partial charge in [0.15, 0.2) is 0 Å². The Balaban J connectivity index is 1.95. The summed E-state index contributed by atoms with van der Waals surface area (Å²) in [6.45, 7) is 6.43. The van der Waals surface area contributed by atoms with E-state index >= 15 is 0 Å². The molecule has 4 nitrogen and oxygen atoms in total. The van der Waals surface area contributed by atoms with Crippen LogP contribution in [0.25, 0.3) is 6.08 Å². The Morgan fingerprint density at radius 3 is 2.60 bits per heavy atom. The maximum Gasteiger partial charge on any atom is 0.293 e. The fraction of sp³-hybridized carbons (Fsp3) is 0.467. The van der Waals surface area contributed by atoms with Crippen LogP contribution in [0.2, 0.25) is 0 Å². The highest BCUT2D eigenvalue weighted by molar-refractivity contribution is 8.18. The number of rotatable bonds is 3. The Hall–Kier alpha value is -1.49. The van der Waals surface area contributed by atoms with Crippen LogP contribution in [0.1, 0.15) is 42.8 Å². The molecule has 106 valence electrons. The molecule has 1 aliphatic carbocycles. The van der Waals surface area contributed by atoms with E-state index in [0.29, 0.717) is 17.5 Å². The molecule has 0 unspecified atom stereocenters. The minimum absolute atomic E-state index is 0.167. The summed E-state index contributed by atoms with van der Waals surface area (Å²) in [6, 6.07) is 2.73. The van der Waals surface area contributed by atoms with Gasteiger partial charge in [0.1, 0.15) is 0 Å². The molecule has 1 aromatic heterocycles. The molecule has 2 fully saturated rings. The number of aryl methyl sites for hydroxylation is 1. The van der Waals surface area contributed by atoms with Gasteiger partial charge in [0, 0.05) is 24.0 Å². The van der Waals surface area contributed by atoms with Gasteiger partial charge >= 0.3 is 0 Å². The van der Waals surface area contributed by atoms with Crippen molar-refractivity contribution in [2.45, 2.75) is 39.7 Å². The summed E-state index contributed by atoms with van der Waals surface area (Å²) in [5.74, 6) is -0.168. The third-order valence-corrected chi connectivity index (χ3v) is 4.82. The second-order valence-corrected chi connectivity index (χ2v) is 6.35. The van der Waals surface area contributed by atoms with Gasteiger partial charge in [-0.25, -0.2) is 0 Å². The van der Waals surface area contributed by atoms with Crippen LogP contribution in [0.3, 0.4) is 0 Å². The lowest BCUT2D eigenvalue weighted by atomic mass is 10.2. The fourth-order valence-electron chi connectivity index (χ4n) is 2.76. The van der Waals surface area contributed by atoms with E-state index in [2.05, 4.69) is 24.5 Å². The highest BCUT2D eigenvalue weighted by Gasteiger charge is 2.34. The minimum Gasteiger partial charge on any atom is -0.346 e. The van der Waals surface area contributed by atoms with Gasteiger partial charge < -0.3 is 4.57 Å². The van der Waals surface area contributed by atoms with Crippen molar-refractivity contribution in [3.8, 4) is 0 Å². The lowest BCUT2D eigenvalue weighted by Crippen LogP contribution is -2.27. The molecular formula is C15H18N2O2S. The Labute approximate surface area is 122 Å².